The Morgan fingerprint density at radius 2 is 1.83 bits per heavy atom. The van der Waals surface area contributed by atoms with Gasteiger partial charge in [0, 0.05) is 24.3 Å². The summed E-state index contributed by atoms with van der Waals surface area (Å²) in [6.07, 6.45) is 2.39. The lowest BCUT2D eigenvalue weighted by atomic mass is 10.0. The van der Waals surface area contributed by atoms with E-state index in [-0.39, 0.29) is 16.5 Å². The quantitative estimate of drug-likeness (QED) is 0.347. The standard InChI is InChI=1S/C24H22ClN5O5S/c1-15-12-16(4-7-19(15)25)17-5-8-20(21(13-17)34-3)30(24(31)26-2)23-9-6-18(14-27-23)36(32,33)29-22-10-11-35-28-22/h4-14H,1-3H3,(H,26,31)(H,28,29). The number of pyridine rings is 1. The smallest absolute Gasteiger partial charge is 0.327 e. The first-order valence-electron chi connectivity index (χ1n) is 10.6. The van der Waals surface area contributed by atoms with E-state index in [0.29, 0.717) is 16.5 Å². The van der Waals surface area contributed by atoms with E-state index in [9.17, 15) is 13.2 Å². The number of benzene rings is 2. The molecule has 36 heavy (non-hydrogen) atoms. The number of sulfonamides is 1. The van der Waals surface area contributed by atoms with Gasteiger partial charge in [-0.1, -0.05) is 28.9 Å². The summed E-state index contributed by atoms with van der Waals surface area (Å²) in [5, 5.41) is 6.78. The van der Waals surface area contributed by atoms with Gasteiger partial charge in [0.25, 0.3) is 10.0 Å². The van der Waals surface area contributed by atoms with Crippen LogP contribution in [0.4, 0.5) is 22.1 Å². The highest BCUT2D eigenvalue weighted by atomic mass is 35.5. The van der Waals surface area contributed by atoms with Crippen molar-refractivity contribution in [2.75, 3.05) is 23.8 Å². The van der Waals surface area contributed by atoms with E-state index >= 15 is 0 Å². The van der Waals surface area contributed by atoms with Gasteiger partial charge in [0.15, 0.2) is 5.82 Å². The Bertz CT molecular complexity index is 1490. The zero-order chi connectivity index (χ0) is 25.9. The van der Waals surface area contributed by atoms with Crippen molar-refractivity contribution >= 4 is 45.0 Å². The molecule has 0 spiro atoms. The number of anilines is 3. The summed E-state index contributed by atoms with van der Waals surface area (Å²) >= 11 is 6.15. The molecule has 0 aliphatic heterocycles. The molecule has 0 bridgehead atoms. The monoisotopic (exact) mass is 527 g/mol. The third kappa shape index (κ3) is 5.11. The van der Waals surface area contributed by atoms with E-state index < -0.39 is 16.1 Å². The third-order valence-corrected chi connectivity index (χ3v) is 7.03. The first-order chi connectivity index (χ1) is 17.2. The largest absolute Gasteiger partial charge is 0.495 e. The second kappa shape index (κ2) is 10.3. The minimum atomic E-state index is -3.96. The number of hydrogen-bond donors (Lipinski definition) is 2. The lowest BCUT2D eigenvalue weighted by molar-refractivity contribution is 0.250. The highest BCUT2D eigenvalue weighted by Crippen LogP contribution is 2.37. The van der Waals surface area contributed by atoms with Crippen LogP contribution in [0.1, 0.15) is 5.56 Å². The van der Waals surface area contributed by atoms with Gasteiger partial charge in [-0.2, -0.15) is 0 Å². The summed E-state index contributed by atoms with van der Waals surface area (Å²) in [5.74, 6) is 0.629. The van der Waals surface area contributed by atoms with E-state index in [0.717, 1.165) is 22.9 Å². The van der Waals surface area contributed by atoms with Gasteiger partial charge in [0.2, 0.25) is 0 Å². The van der Waals surface area contributed by atoms with Crippen LogP contribution in [0.3, 0.4) is 0 Å². The van der Waals surface area contributed by atoms with Crippen LogP contribution in [0.2, 0.25) is 5.02 Å². The third-order valence-electron chi connectivity index (χ3n) is 5.27. The number of carbonyl (C=O) groups excluding carboxylic acids is 1. The normalized spacial score (nSPS) is 11.1. The van der Waals surface area contributed by atoms with Crippen LogP contribution in [-0.4, -0.2) is 38.7 Å². The summed E-state index contributed by atoms with van der Waals surface area (Å²) in [7, 11) is -0.984. The molecule has 0 unspecified atom stereocenters. The molecule has 2 amide bonds. The second-order valence-electron chi connectivity index (χ2n) is 7.58. The molecule has 0 saturated carbocycles. The van der Waals surface area contributed by atoms with Gasteiger partial charge in [0.1, 0.15) is 22.7 Å². The number of nitrogens with one attached hydrogen (secondary N) is 2. The number of hydrogen-bond acceptors (Lipinski definition) is 7. The number of nitrogens with zero attached hydrogens (tertiary/aromatic N) is 3. The number of urea groups is 1. The van der Waals surface area contributed by atoms with Crippen LogP contribution in [0.25, 0.3) is 11.1 Å². The maximum absolute atomic E-state index is 12.9. The molecule has 10 nitrogen and oxygen atoms in total. The zero-order valence-corrected chi connectivity index (χ0v) is 21.1. The van der Waals surface area contributed by atoms with Gasteiger partial charge in [0.05, 0.1) is 12.8 Å². The molecular weight excluding hydrogens is 506 g/mol. The molecule has 4 aromatic rings. The summed E-state index contributed by atoms with van der Waals surface area (Å²) < 4.78 is 37.7. The highest BCUT2D eigenvalue weighted by molar-refractivity contribution is 7.92. The van der Waals surface area contributed by atoms with Crippen LogP contribution >= 0.6 is 11.6 Å². The molecule has 0 atom stereocenters. The predicted molar refractivity (Wildman–Crippen MR) is 136 cm³/mol. The number of carbonyl (C=O) groups is 1. The number of halogens is 1. The molecule has 186 valence electrons. The molecule has 0 saturated heterocycles. The Hall–Kier alpha value is -4.09. The van der Waals surface area contributed by atoms with Crippen molar-refractivity contribution in [2.24, 2.45) is 0 Å². The van der Waals surface area contributed by atoms with Gasteiger partial charge >= 0.3 is 6.03 Å². The molecule has 0 aliphatic carbocycles. The van der Waals surface area contributed by atoms with Gasteiger partial charge in [-0.15, -0.1) is 0 Å². The Morgan fingerprint density at radius 3 is 2.44 bits per heavy atom. The molecule has 2 aromatic heterocycles. The summed E-state index contributed by atoms with van der Waals surface area (Å²) in [6, 6.07) is 14.7. The lowest BCUT2D eigenvalue weighted by Gasteiger charge is -2.24. The summed E-state index contributed by atoms with van der Waals surface area (Å²) in [5.41, 5.74) is 3.14. The molecule has 12 heteroatoms. The van der Waals surface area contributed by atoms with Crippen LogP contribution in [0, 0.1) is 6.92 Å². The van der Waals surface area contributed by atoms with E-state index in [4.69, 9.17) is 16.3 Å². The number of aromatic nitrogens is 2. The Balaban J connectivity index is 1.70. The Labute approximate surface area is 212 Å². The zero-order valence-electron chi connectivity index (χ0n) is 19.5. The minimum Gasteiger partial charge on any atom is -0.495 e. The number of methoxy groups -OCH3 is 1. The average Bonchev–Trinajstić information content (AvgIpc) is 3.38. The fourth-order valence-electron chi connectivity index (χ4n) is 3.44. The molecule has 2 aromatic carbocycles. The molecule has 2 N–H and O–H groups in total. The molecule has 0 aliphatic rings. The van der Waals surface area contributed by atoms with Crippen molar-refractivity contribution < 1.29 is 22.5 Å². The van der Waals surface area contributed by atoms with Crippen molar-refractivity contribution in [1.82, 2.24) is 15.5 Å². The van der Waals surface area contributed by atoms with Crippen molar-refractivity contribution in [3.8, 4) is 16.9 Å². The van der Waals surface area contributed by atoms with Crippen LogP contribution in [0.5, 0.6) is 5.75 Å². The van der Waals surface area contributed by atoms with Gasteiger partial charge < -0.3 is 14.6 Å². The Morgan fingerprint density at radius 1 is 1.08 bits per heavy atom. The fraction of sp³-hybridized carbons (Fsp3) is 0.125. The maximum Gasteiger partial charge on any atom is 0.327 e. The molecule has 0 fully saturated rings. The Kier molecular flexibility index (Phi) is 7.13. The van der Waals surface area contributed by atoms with Crippen molar-refractivity contribution in [3.05, 3.63) is 77.6 Å². The first-order valence-corrected chi connectivity index (χ1v) is 12.5. The first kappa shape index (κ1) is 25.0. The number of aryl methyl sites for hydroxylation is 1. The lowest BCUT2D eigenvalue weighted by Crippen LogP contribution is -2.35. The van der Waals surface area contributed by atoms with Crippen molar-refractivity contribution in [1.29, 1.82) is 0 Å². The van der Waals surface area contributed by atoms with Gasteiger partial charge in [-0.25, -0.2) is 23.1 Å². The second-order valence-corrected chi connectivity index (χ2v) is 9.67. The van der Waals surface area contributed by atoms with E-state index in [1.165, 1.54) is 43.5 Å². The van der Waals surface area contributed by atoms with Crippen molar-refractivity contribution in [3.63, 3.8) is 0 Å². The van der Waals surface area contributed by atoms with E-state index in [1.807, 2.05) is 31.2 Å². The molecule has 4 rings (SSSR count). The van der Waals surface area contributed by atoms with Gasteiger partial charge in [-0.3, -0.25) is 4.72 Å². The minimum absolute atomic E-state index is 0.0340. The number of ether oxygens (including phenoxy) is 1. The molecular formula is C24H22ClN5O5S. The summed E-state index contributed by atoms with van der Waals surface area (Å²) in [4.78, 5) is 18.3. The molecule has 0 radical (unpaired) electrons. The SMILES string of the molecule is CNC(=O)N(c1ccc(S(=O)(=O)Nc2ccon2)cn1)c1ccc(-c2ccc(Cl)c(C)c2)cc1OC. The predicted octanol–water partition coefficient (Wildman–Crippen LogP) is 4.99. The number of amides is 2. The summed E-state index contributed by atoms with van der Waals surface area (Å²) in [6.45, 7) is 1.92. The van der Waals surface area contributed by atoms with Crippen LogP contribution < -0.4 is 19.7 Å². The fourth-order valence-corrected chi connectivity index (χ4v) is 4.50. The van der Waals surface area contributed by atoms with Crippen LogP contribution in [0.15, 0.2) is 76.5 Å². The van der Waals surface area contributed by atoms with Crippen molar-refractivity contribution in [2.45, 2.75) is 11.8 Å². The maximum atomic E-state index is 12.9. The number of rotatable bonds is 7. The topological polar surface area (TPSA) is 127 Å². The van der Waals surface area contributed by atoms with E-state index in [1.54, 1.807) is 12.1 Å². The van der Waals surface area contributed by atoms with Crippen LogP contribution in [-0.2, 0) is 10.0 Å². The highest BCUT2D eigenvalue weighted by Gasteiger charge is 2.24. The molecule has 2 heterocycles. The van der Waals surface area contributed by atoms with Gasteiger partial charge in [-0.05, 0) is 60.0 Å². The average molecular weight is 528 g/mol. The van der Waals surface area contributed by atoms with E-state index in [2.05, 4.69) is 24.7 Å².